The predicted octanol–water partition coefficient (Wildman–Crippen LogP) is 5.57. The maximum Gasteiger partial charge on any atom is 0.147 e. The Labute approximate surface area is 141 Å². The molecule has 0 spiro atoms. The molecule has 0 amide bonds. The maximum absolute atomic E-state index is 14.0. The van der Waals surface area contributed by atoms with E-state index in [9.17, 15) is 4.39 Å². The molecule has 0 radical (unpaired) electrons. The van der Waals surface area contributed by atoms with Crippen molar-refractivity contribution in [2.45, 2.75) is 32.6 Å². The lowest BCUT2D eigenvalue weighted by atomic mass is 9.92. The van der Waals surface area contributed by atoms with Gasteiger partial charge in [0.05, 0.1) is 15.2 Å². The SMILES string of the molecule is CC(C)(C)c1nc(Cc2cccc(Cl)c2F)nc(Cl)c1Br. The Morgan fingerprint density at radius 3 is 2.48 bits per heavy atom. The molecule has 21 heavy (non-hydrogen) atoms. The number of hydrogen-bond acceptors (Lipinski definition) is 2. The van der Waals surface area contributed by atoms with Gasteiger partial charge >= 0.3 is 0 Å². The number of nitrogens with zero attached hydrogens (tertiary/aromatic N) is 2. The summed E-state index contributed by atoms with van der Waals surface area (Å²) in [6.07, 6.45) is 0.239. The van der Waals surface area contributed by atoms with Crippen LogP contribution in [0.2, 0.25) is 10.2 Å². The average Bonchev–Trinajstić information content (AvgIpc) is 2.37. The maximum atomic E-state index is 14.0. The molecule has 0 aliphatic heterocycles. The topological polar surface area (TPSA) is 25.8 Å². The molecule has 1 heterocycles. The van der Waals surface area contributed by atoms with Crippen molar-refractivity contribution < 1.29 is 4.39 Å². The van der Waals surface area contributed by atoms with Crippen LogP contribution < -0.4 is 0 Å². The van der Waals surface area contributed by atoms with Crippen molar-refractivity contribution in [2.24, 2.45) is 0 Å². The fourth-order valence-corrected chi connectivity index (χ4v) is 3.05. The van der Waals surface area contributed by atoms with Crippen molar-refractivity contribution in [3.05, 3.63) is 55.7 Å². The normalized spacial score (nSPS) is 11.8. The van der Waals surface area contributed by atoms with Crippen LogP contribution in [0.5, 0.6) is 0 Å². The van der Waals surface area contributed by atoms with Gasteiger partial charge in [0.15, 0.2) is 0 Å². The van der Waals surface area contributed by atoms with E-state index in [-0.39, 0.29) is 16.9 Å². The Balaban J connectivity index is 2.46. The highest BCUT2D eigenvalue weighted by Gasteiger charge is 2.23. The van der Waals surface area contributed by atoms with Gasteiger partial charge in [-0.05, 0) is 27.6 Å². The quantitative estimate of drug-likeness (QED) is 0.625. The fourth-order valence-electron chi connectivity index (χ4n) is 1.89. The van der Waals surface area contributed by atoms with Crippen LogP contribution in [-0.2, 0) is 11.8 Å². The number of benzene rings is 1. The molecule has 0 aliphatic rings. The zero-order chi connectivity index (χ0) is 15.8. The molecule has 0 saturated carbocycles. The van der Waals surface area contributed by atoms with E-state index in [0.717, 1.165) is 5.69 Å². The molecule has 1 aromatic carbocycles. The van der Waals surface area contributed by atoms with Crippen LogP contribution in [0.3, 0.4) is 0 Å². The molecule has 1 aromatic heterocycles. The van der Waals surface area contributed by atoms with E-state index in [4.69, 9.17) is 23.2 Å². The molecule has 0 N–H and O–H groups in total. The van der Waals surface area contributed by atoms with Crippen molar-refractivity contribution in [3.63, 3.8) is 0 Å². The van der Waals surface area contributed by atoms with E-state index < -0.39 is 5.82 Å². The molecule has 6 heteroatoms. The summed E-state index contributed by atoms with van der Waals surface area (Å²) in [4.78, 5) is 8.73. The summed E-state index contributed by atoms with van der Waals surface area (Å²) in [5.41, 5.74) is 1.04. The summed E-state index contributed by atoms with van der Waals surface area (Å²) < 4.78 is 14.6. The number of rotatable bonds is 2. The summed E-state index contributed by atoms with van der Waals surface area (Å²) in [5, 5.41) is 0.416. The third kappa shape index (κ3) is 3.74. The molecule has 0 bridgehead atoms. The molecule has 2 nitrogen and oxygen atoms in total. The standard InChI is InChI=1S/C15H14BrCl2FN2/c1-15(2,3)13-11(16)14(18)21-10(20-13)7-8-5-4-6-9(17)12(8)19/h4-6H,7H2,1-3H3. The first-order valence-corrected chi connectivity index (χ1v) is 7.90. The van der Waals surface area contributed by atoms with Gasteiger partial charge in [-0.15, -0.1) is 0 Å². The minimum atomic E-state index is -0.445. The van der Waals surface area contributed by atoms with E-state index in [1.54, 1.807) is 12.1 Å². The first-order valence-electron chi connectivity index (χ1n) is 6.35. The van der Waals surface area contributed by atoms with E-state index in [2.05, 4.69) is 25.9 Å². The Morgan fingerprint density at radius 1 is 1.19 bits per heavy atom. The van der Waals surface area contributed by atoms with Gasteiger partial charge < -0.3 is 0 Å². The third-order valence-electron chi connectivity index (χ3n) is 2.95. The summed E-state index contributed by atoms with van der Waals surface area (Å²) in [7, 11) is 0. The average molecular weight is 392 g/mol. The zero-order valence-corrected chi connectivity index (χ0v) is 14.9. The van der Waals surface area contributed by atoms with Gasteiger partial charge in [-0.3, -0.25) is 0 Å². The van der Waals surface area contributed by atoms with Gasteiger partial charge in [-0.25, -0.2) is 14.4 Å². The van der Waals surface area contributed by atoms with Gasteiger partial charge in [0.25, 0.3) is 0 Å². The van der Waals surface area contributed by atoms with E-state index in [1.165, 1.54) is 6.07 Å². The van der Waals surface area contributed by atoms with Crippen molar-refractivity contribution in [1.82, 2.24) is 9.97 Å². The number of hydrogen-bond donors (Lipinski definition) is 0. The molecule has 0 aliphatic carbocycles. The Morgan fingerprint density at radius 2 is 1.86 bits per heavy atom. The van der Waals surface area contributed by atoms with Crippen molar-refractivity contribution in [1.29, 1.82) is 0 Å². The molecule has 0 unspecified atom stereocenters. The molecular weight excluding hydrogens is 378 g/mol. The first-order chi connectivity index (χ1) is 9.70. The largest absolute Gasteiger partial charge is 0.236 e. The minimum Gasteiger partial charge on any atom is -0.236 e. The van der Waals surface area contributed by atoms with Gasteiger partial charge in [0.2, 0.25) is 0 Å². The fraction of sp³-hybridized carbons (Fsp3) is 0.333. The highest BCUT2D eigenvalue weighted by Crippen LogP contribution is 2.32. The lowest BCUT2D eigenvalue weighted by Crippen LogP contribution is -2.17. The summed E-state index contributed by atoms with van der Waals surface area (Å²) in [6.45, 7) is 6.08. The van der Waals surface area contributed by atoms with E-state index in [0.29, 0.717) is 21.0 Å². The van der Waals surface area contributed by atoms with Crippen molar-refractivity contribution >= 4 is 39.1 Å². The Kier molecular flexibility index (Phi) is 4.91. The van der Waals surface area contributed by atoms with Crippen LogP contribution in [0.4, 0.5) is 4.39 Å². The van der Waals surface area contributed by atoms with Crippen molar-refractivity contribution in [3.8, 4) is 0 Å². The van der Waals surface area contributed by atoms with Crippen LogP contribution in [0.1, 0.15) is 37.9 Å². The molecule has 0 fully saturated rings. The second-order valence-electron chi connectivity index (χ2n) is 5.73. The van der Waals surface area contributed by atoms with Gasteiger partial charge in [0, 0.05) is 11.8 Å². The number of halogens is 4. The summed E-state index contributed by atoms with van der Waals surface area (Å²) in [5.74, 6) is 0.0217. The van der Waals surface area contributed by atoms with Gasteiger partial charge in [0.1, 0.15) is 16.8 Å². The molecule has 2 aromatic rings. The van der Waals surface area contributed by atoms with Crippen LogP contribution >= 0.6 is 39.1 Å². The lowest BCUT2D eigenvalue weighted by molar-refractivity contribution is 0.558. The highest BCUT2D eigenvalue weighted by molar-refractivity contribution is 9.10. The molecule has 0 atom stereocenters. The van der Waals surface area contributed by atoms with Gasteiger partial charge in [-0.2, -0.15) is 0 Å². The zero-order valence-electron chi connectivity index (χ0n) is 11.8. The highest BCUT2D eigenvalue weighted by atomic mass is 79.9. The Bertz CT molecular complexity index is 684. The van der Waals surface area contributed by atoms with Crippen LogP contribution in [0.25, 0.3) is 0 Å². The lowest BCUT2D eigenvalue weighted by Gasteiger charge is -2.20. The minimum absolute atomic E-state index is 0.0896. The smallest absolute Gasteiger partial charge is 0.147 e. The molecule has 0 saturated heterocycles. The van der Waals surface area contributed by atoms with Crippen LogP contribution in [-0.4, -0.2) is 9.97 Å². The van der Waals surface area contributed by atoms with Gasteiger partial charge in [-0.1, -0.05) is 56.1 Å². The second kappa shape index (κ2) is 6.19. The first kappa shape index (κ1) is 16.7. The molecular formula is C15H14BrCl2FN2. The monoisotopic (exact) mass is 390 g/mol. The van der Waals surface area contributed by atoms with Crippen molar-refractivity contribution in [2.75, 3.05) is 0 Å². The van der Waals surface area contributed by atoms with E-state index in [1.807, 2.05) is 20.8 Å². The predicted molar refractivity (Wildman–Crippen MR) is 87.7 cm³/mol. The number of aromatic nitrogens is 2. The second-order valence-corrected chi connectivity index (χ2v) is 7.29. The van der Waals surface area contributed by atoms with Crippen LogP contribution in [0, 0.1) is 5.82 Å². The van der Waals surface area contributed by atoms with E-state index >= 15 is 0 Å². The summed E-state index contributed by atoms with van der Waals surface area (Å²) >= 11 is 15.3. The summed E-state index contributed by atoms with van der Waals surface area (Å²) in [6, 6.07) is 4.87. The Hall–Kier alpha value is -0.710. The molecule has 2 rings (SSSR count). The van der Waals surface area contributed by atoms with Crippen LogP contribution in [0.15, 0.2) is 22.7 Å². The third-order valence-corrected chi connectivity index (χ3v) is 4.49. The molecule has 112 valence electrons.